The quantitative estimate of drug-likeness (QED) is 0.868. The molecule has 0 unspecified atom stereocenters. The zero-order valence-corrected chi connectivity index (χ0v) is 9.99. The van der Waals surface area contributed by atoms with Crippen molar-refractivity contribution in [3.8, 4) is 0 Å². The molecule has 0 aliphatic heterocycles. The van der Waals surface area contributed by atoms with Crippen LogP contribution >= 0.6 is 11.3 Å². The lowest BCUT2D eigenvalue weighted by atomic mass is 10.3. The summed E-state index contributed by atoms with van der Waals surface area (Å²) in [5.74, 6) is -0.333. The topological polar surface area (TPSA) is 75.1 Å². The molecule has 2 aromatic heterocycles. The van der Waals surface area contributed by atoms with Crippen molar-refractivity contribution in [3.63, 3.8) is 0 Å². The number of aryl methyl sites for hydroxylation is 1. The summed E-state index contributed by atoms with van der Waals surface area (Å²) in [4.78, 5) is 18.9. The second-order valence-corrected chi connectivity index (χ2v) is 4.51. The van der Waals surface area contributed by atoms with Gasteiger partial charge in [0.2, 0.25) is 0 Å². The predicted molar refractivity (Wildman–Crippen MR) is 65.4 cm³/mol. The van der Waals surface area contributed by atoms with E-state index >= 15 is 0 Å². The highest BCUT2D eigenvalue weighted by molar-refractivity contribution is 7.09. The number of aromatic carboxylic acids is 1. The van der Waals surface area contributed by atoms with Crippen molar-refractivity contribution in [2.24, 2.45) is 0 Å². The summed E-state index contributed by atoms with van der Waals surface area (Å²) >= 11 is 1.60. The van der Waals surface area contributed by atoms with Crippen LogP contribution in [0.5, 0.6) is 0 Å². The molecule has 88 valence electrons. The van der Waals surface area contributed by atoms with Gasteiger partial charge in [-0.05, 0) is 19.1 Å². The third-order valence-corrected chi connectivity index (χ3v) is 2.95. The van der Waals surface area contributed by atoms with Crippen LogP contribution in [0.15, 0.2) is 23.7 Å². The number of aromatic nitrogens is 2. The molecule has 0 aliphatic rings. The van der Waals surface area contributed by atoms with E-state index in [1.807, 2.05) is 12.3 Å². The molecular formula is C11H11N3O2S. The van der Waals surface area contributed by atoms with Crippen LogP contribution in [-0.4, -0.2) is 21.0 Å². The van der Waals surface area contributed by atoms with Crippen molar-refractivity contribution >= 4 is 23.1 Å². The highest BCUT2D eigenvalue weighted by atomic mass is 32.1. The van der Waals surface area contributed by atoms with E-state index in [1.54, 1.807) is 17.4 Å². The Hall–Kier alpha value is -1.95. The summed E-state index contributed by atoms with van der Waals surface area (Å²) in [6.45, 7) is 2.54. The molecule has 0 atom stereocenters. The van der Waals surface area contributed by atoms with Gasteiger partial charge in [-0.1, -0.05) is 0 Å². The molecule has 17 heavy (non-hydrogen) atoms. The SMILES string of the molecule is Cc1nc(CNc2ccc(C(=O)O)cn2)cs1. The highest BCUT2D eigenvalue weighted by Gasteiger charge is 2.03. The van der Waals surface area contributed by atoms with E-state index in [2.05, 4.69) is 15.3 Å². The molecule has 0 radical (unpaired) electrons. The first-order chi connectivity index (χ1) is 8.15. The largest absolute Gasteiger partial charge is 0.478 e. The Balaban J connectivity index is 1.97. The van der Waals surface area contributed by atoms with E-state index in [9.17, 15) is 4.79 Å². The van der Waals surface area contributed by atoms with Crippen LogP contribution in [0.25, 0.3) is 0 Å². The van der Waals surface area contributed by atoms with E-state index in [-0.39, 0.29) is 5.56 Å². The lowest BCUT2D eigenvalue weighted by molar-refractivity contribution is 0.0696. The van der Waals surface area contributed by atoms with Gasteiger partial charge in [0.25, 0.3) is 0 Å². The molecule has 0 spiro atoms. The van der Waals surface area contributed by atoms with Crippen molar-refractivity contribution in [2.75, 3.05) is 5.32 Å². The fraction of sp³-hybridized carbons (Fsp3) is 0.182. The van der Waals surface area contributed by atoms with Gasteiger partial charge in [0, 0.05) is 11.6 Å². The maximum atomic E-state index is 10.6. The average molecular weight is 249 g/mol. The third-order valence-electron chi connectivity index (χ3n) is 2.13. The summed E-state index contributed by atoms with van der Waals surface area (Å²) in [5.41, 5.74) is 1.14. The Labute approximate surface area is 102 Å². The predicted octanol–water partition coefficient (Wildman–Crippen LogP) is 2.16. The van der Waals surface area contributed by atoms with E-state index in [1.165, 1.54) is 12.3 Å². The summed E-state index contributed by atoms with van der Waals surface area (Å²) in [6, 6.07) is 3.16. The Kier molecular flexibility index (Phi) is 3.34. The van der Waals surface area contributed by atoms with Gasteiger partial charge in [-0.25, -0.2) is 14.8 Å². The van der Waals surface area contributed by atoms with Gasteiger partial charge >= 0.3 is 5.97 Å². The molecule has 6 heteroatoms. The zero-order valence-electron chi connectivity index (χ0n) is 9.17. The molecule has 2 N–H and O–H groups in total. The van der Waals surface area contributed by atoms with Gasteiger partial charge < -0.3 is 10.4 Å². The Morgan fingerprint density at radius 2 is 2.35 bits per heavy atom. The zero-order chi connectivity index (χ0) is 12.3. The van der Waals surface area contributed by atoms with Crippen LogP contribution in [0.4, 0.5) is 5.82 Å². The average Bonchev–Trinajstić information content (AvgIpc) is 2.73. The first-order valence-electron chi connectivity index (χ1n) is 4.99. The van der Waals surface area contributed by atoms with Gasteiger partial charge in [0.15, 0.2) is 0 Å². The molecule has 0 saturated carbocycles. The number of hydrogen-bond acceptors (Lipinski definition) is 5. The number of anilines is 1. The first-order valence-corrected chi connectivity index (χ1v) is 5.87. The van der Waals surface area contributed by atoms with E-state index in [4.69, 9.17) is 5.11 Å². The number of nitrogens with zero attached hydrogens (tertiary/aromatic N) is 2. The summed E-state index contributed by atoms with van der Waals surface area (Å²) in [7, 11) is 0. The molecular weight excluding hydrogens is 238 g/mol. The molecule has 0 amide bonds. The van der Waals surface area contributed by atoms with Gasteiger partial charge in [0.05, 0.1) is 22.8 Å². The number of carboxylic acid groups (broad SMARTS) is 1. The first kappa shape index (κ1) is 11.5. The number of pyridine rings is 1. The normalized spacial score (nSPS) is 10.2. The Morgan fingerprint density at radius 1 is 1.53 bits per heavy atom. The van der Waals surface area contributed by atoms with Crippen LogP contribution < -0.4 is 5.32 Å². The smallest absolute Gasteiger partial charge is 0.337 e. The van der Waals surface area contributed by atoms with Crippen molar-refractivity contribution < 1.29 is 9.90 Å². The maximum Gasteiger partial charge on any atom is 0.337 e. The van der Waals surface area contributed by atoms with Gasteiger partial charge in [-0.15, -0.1) is 11.3 Å². The Bertz CT molecular complexity index is 522. The van der Waals surface area contributed by atoms with Crippen LogP contribution in [0.3, 0.4) is 0 Å². The minimum absolute atomic E-state index is 0.181. The summed E-state index contributed by atoms with van der Waals surface area (Å²) < 4.78 is 0. The number of rotatable bonds is 4. The van der Waals surface area contributed by atoms with Gasteiger partial charge in [-0.3, -0.25) is 0 Å². The highest BCUT2D eigenvalue weighted by Crippen LogP contribution is 2.10. The van der Waals surface area contributed by atoms with Crippen molar-refractivity contribution in [3.05, 3.63) is 40.0 Å². The second-order valence-electron chi connectivity index (χ2n) is 3.45. The van der Waals surface area contributed by atoms with Crippen LogP contribution in [0.2, 0.25) is 0 Å². The van der Waals surface area contributed by atoms with Gasteiger partial charge in [0.1, 0.15) is 5.82 Å². The van der Waals surface area contributed by atoms with Crippen LogP contribution in [0, 0.1) is 6.92 Å². The lowest BCUT2D eigenvalue weighted by Gasteiger charge is -2.03. The monoisotopic (exact) mass is 249 g/mol. The molecule has 0 bridgehead atoms. The third kappa shape index (κ3) is 3.01. The van der Waals surface area contributed by atoms with Crippen LogP contribution in [0.1, 0.15) is 21.1 Å². The van der Waals surface area contributed by atoms with E-state index in [0.717, 1.165) is 10.7 Å². The summed E-state index contributed by atoms with van der Waals surface area (Å²) in [6.07, 6.45) is 1.33. The van der Waals surface area contributed by atoms with E-state index in [0.29, 0.717) is 12.4 Å². The van der Waals surface area contributed by atoms with Crippen molar-refractivity contribution in [1.82, 2.24) is 9.97 Å². The number of nitrogens with one attached hydrogen (secondary N) is 1. The molecule has 0 fully saturated rings. The number of thiazole rings is 1. The van der Waals surface area contributed by atoms with Crippen molar-refractivity contribution in [1.29, 1.82) is 0 Å². The molecule has 5 nitrogen and oxygen atoms in total. The molecule has 0 saturated heterocycles. The second kappa shape index (κ2) is 4.92. The summed E-state index contributed by atoms with van der Waals surface area (Å²) in [5, 5.41) is 14.8. The number of hydrogen-bond donors (Lipinski definition) is 2. The molecule has 2 aromatic rings. The molecule has 2 rings (SSSR count). The minimum Gasteiger partial charge on any atom is -0.478 e. The standard InChI is InChI=1S/C11H11N3O2S/c1-7-14-9(6-17-7)5-13-10-3-2-8(4-12-10)11(15)16/h2-4,6H,5H2,1H3,(H,12,13)(H,15,16). The van der Waals surface area contributed by atoms with Crippen molar-refractivity contribution in [2.45, 2.75) is 13.5 Å². The number of carbonyl (C=O) groups is 1. The Morgan fingerprint density at radius 3 is 2.88 bits per heavy atom. The van der Waals surface area contributed by atoms with Gasteiger partial charge in [-0.2, -0.15) is 0 Å². The molecule has 0 aromatic carbocycles. The van der Waals surface area contributed by atoms with E-state index < -0.39 is 5.97 Å². The maximum absolute atomic E-state index is 10.6. The molecule has 0 aliphatic carbocycles. The van der Waals surface area contributed by atoms with Crippen LogP contribution in [-0.2, 0) is 6.54 Å². The lowest BCUT2D eigenvalue weighted by Crippen LogP contribution is -2.03. The minimum atomic E-state index is -0.973. The number of carboxylic acids is 1. The fourth-order valence-electron chi connectivity index (χ4n) is 1.30. The molecule has 2 heterocycles. The fourth-order valence-corrected chi connectivity index (χ4v) is 1.91.